The SMILES string of the molecule is NCCc1ccc(S(=O)(=O)C(F)F)cc1. The van der Waals surface area contributed by atoms with Crippen LogP contribution >= 0.6 is 0 Å². The van der Waals surface area contributed by atoms with Gasteiger partial charge in [0, 0.05) is 0 Å². The Hall–Kier alpha value is -1.01. The maximum atomic E-state index is 12.1. The van der Waals surface area contributed by atoms with Crippen LogP contribution in [0.1, 0.15) is 5.56 Å². The highest BCUT2D eigenvalue weighted by Crippen LogP contribution is 2.18. The van der Waals surface area contributed by atoms with E-state index in [4.69, 9.17) is 5.73 Å². The molecule has 0 aliphatic heterocycles. The van der Waals surface area contributed by atoms with Crippen molar-refractivity contribution in [3.63, 3.8) is 0 Å². The lowest BCUT2D eigenvalue weighted by molar-refractivity contribution is 0.234. The van der Waals surface area contributed by atoms with E-state index >= 15 is 0 Å². The van der Waals surface area contributed by atoms with Gasteiger partial charge >= 0.3 is 5.76 Å². The quantitative estimate of drug-likeness (QED) is 0.852. The summed E-state index contributed by atoms with van der Waals surface area (Å²) in [7, 11) is -4.47. The molecule has 1 rings (SSSR count). The van der Waals surface area contributed by atoms with Gasteiger partial charge < -0.3 is 5.73 Å². The van der Waals surface area contributed by atoms with Crippen molar-refractivity contribution in [3.8, 4) is 0 Å². The van der Waals surface area contributed by atoms with Gasteiger partial charge in [-0.2, -0.15) is 8.78 Å². The van der Waals surface area contributed by atoms with Crippen molar-refractivity contribution in [2.75, 3.05) is 6.54 Å². The average Bonchev–Trinajstić information content (AvgIpc) is 2.19. The third-order valence-corrected chi connectivity index (χ3v) is 3.32. The second kappa shape index (κ2) is 4.67. The van der Waals surface area contributed by atoms with E-state index in [1.807, 2.05) is 0 Å². The average molecular weight is 235 g/mol. The van der Waals surface area contributed by atoms with Crippen molar-refractivity contribution < 1.29 is 17.2 Å². The molecule has 0 aliphatic rings. The molecule has 0 saturated heterocycles. The molecule has 0 aliphatic carbocycles. The predicted molar refractivity (Wildman–Crippen MR) is 52.4 cm³/mol. The third kappa shape index (κ3) is 2.73. The Morgan fingerprint density at radius 2 is 1.73 bits per heavy atom. The van der Waals surface area contributed by atoms with Crippen LogP contribution in [0, 0.1) is 0 Å². The Bertz CT molecular complexity index is 414. The molecule has 0 fully saturated rings. The molecule has 0 amide bonds. The minimum Gasteiger partial charge on any atom is -0.330 e. The molecule has 0 aromatic heterocycles. The van der Waals surface area contributed by atoms with Crippen LogP contribution in [-0.4, -0.2) is 20.7 Å². The van der Waals surface area contributed by atoms with E-state index in [9.17, 15) is 17.2 Å². The van der Waals surface area contributed by atoms with Gasteiger partial charge in [-0.05, 0) is 30.7 Å². The second-order valence-electron chi connectivity index (χ2n) is 2.99. The van der Waals surface area contributed by atoms with Gasteiger partial charge in [-0.3, -0.25) is 0 Å². The number of sulfone groups is 1. The lowest BCUT2D eigenvalue weighted by atomic mass is 10.2. The fourth-order valence-corrected chi connectivity index (χ4v) is 1.84. The van der Waals surface area contributed by atoms with E-state index in [-0.39, 0.29) is 4.90 Å². The van der Waals surface area contributed by atoms with Crippen LogP contribution in [0.15, 0.2) is 29.2 Å². The molecule has 6 heteroatoms. The van der Waals surface area contributed by atoms with Crippen LogP contribution in [-0.2, 0) is 16.3 Å². The zero-order valence-corrected chi connectivity index (χ0v) is 8.68. The molecule has 0 heterocycles. The first-order valence-electron chi connectivity index (χ1n) is 4.29. The Labute approximate surface area is 86.8 Å². The van der Waals surface area contributed by atoms with Gasteiger partial charge in [0.05, 0.1) is 4.90 Å². The second-order valence-corrected chi connectivity index (χ2v) is 4.91. The summed E-state index contributed by atoms with van der Waals surface area (Å²) >= 11 is 0. The highest BCUT2D eigenvalue weighted by atomic mass is 32.2. The monoisotopic (exact) mass is 235 g/mol. The van der Waals surface area contributed by atoms with Gasteiger partial charge in [0.2, 0.25) is 9.84 Å². The van der Waals surface area contributed by atoms with Gasteiger partial charge in [-0.15, -0.1) is 0 Å². The first-order chi connectivity index (χ1) is 6.98. The van der Waals surface area contributed by atoms with E-state index in [1.165, 1.54) is 24.3 Å². The Morgan fingerprint density at radius 3 is 2.13 bits per heavy atom. The first kappa shape index (κ1) is 12.1. The molecule has 2 N–H and O–H groups in total. The van der Waals surface area contributed by atoms with Crippen molar-refractivity contribution in [1.29, 1.82) is 0 Å². The number of halogens is 2. The lowest BCUT2D eigenvalue weighted by Gasteiger charge is -2.04. The molecular weight excluding hydrogens is 224 g/mol. The standard InChI is InChI=1S/C9H11F2NO2S/c10-9(11)15(13,14)8-3-1-7(2-4-8)5-6-12/h1-4,9H,5-6,12H2. The Balaban J connectivity index is 2.99. The van der Waals surface area contributed by atoms with Crippen LogP contribution in [0.2, 0.25) is 0 Å². The summed E-state index contributed by atoms with van der Waals surface area (Å²) < 4.78 is 46.3. The summed E-state index contributed by atoms with van der Waals surface area (Å²) in [6.07, 6.45) is 0.592. The molecular formula is C9H11F2NO2S. The maximum Gasteiger partial charge on any atom is 0.341 e. The summed E-state index contributed by atoms with van der Waals surface area (Å²) in [6.45, 7) is 0.431. The zero-order chi connectivity index (χ0) is 11.5. The van der Waals surface area contributed by atoms with Crippen LogP contribution in [0.25, 0.3) is 0 Å². The molecule has 1 aromatic carbocycles. The highest BCUT2D eigenvalue weighted by molar-refractivity contribution is 7.91. The van der Waals surface area contributed by atoms with E-state index in [2.05, 4.69) is 0 Å². The molecule has 15 heavy (non-hydrogen) atoms. The van der Waals surface area contributed by atoms with E-state index in [1.54, 1.807) is 0 Å². The molecule has 3 nitrogen and oxygen atoms in total. The number of benzene rings is 1. The molecule has 0 atom stereocenters. The van der Waals surface area contributed by atoms with Crippen molar-refractivity contribution in [3.05, 3.63) is 29.8 Å². The predicted octanol–water partition coefficient (Wildman–Crippen LogP) is 1.18. The van der Waals surface area contributed by atoms with Gasteiger partial charge in [0.15, 0.2) is 0 Å². The summed E-state index contributed by atoms with van der Waals surface area (Å²) in [5.74, 6) is -3.38. The van der Waals surface area contributed by atoms with Gasteiger partial charge in [-0.25, -0.2) is 8.42 Å². The van der Waals surface area contributed by atoms with Crippen molar-refractivity contribution >= 4 is 9.84 Å². The largest absolute Gasteiger partial charge is 0.341 e. The number of nitrogens with two attached hydrogens (primary N) is 1. The van der Waals surface area contributed by atoms with Crippen molar-refractivity contribution in [2.45, 2.75) is 17.1 Å². The first-order valence-corrected chi connectivity index (χ1v) is 5.84. The number of alkyl halides is 2. The lowest BCUT2D eigenvalue weighted by Crippen LogP contribution is -2.11. The third-order valence-electron chi connectivity index (χ3n) is 1.92. The van der Waals surface area contributed by atoms with Crippen LogP contribution in [0.3, 0.4) is 0 Å². The van der Waals surface area contributed by atoms with E-state index < -0.39 is 15.6 Å². The summed E-state index contributed by atoms with van der Waals surface area (Å²) in [5.41, 5.74) is 6.12. The Kier molecular flexibility index (Phi) is 3.76. The van der Waals surface area contributed by atoms with Crippen LogP contribution in [0.5, 0.6) is 0 Å². The van der Waals surface area contributed by atoms with Gasteiger partial charge in [0.1, 0.15) is 0 Å². The van der Waals surface area contributed by atoms with E-state index in [0.29, 0.717) is 13.0 Å². The smallest absolute Gasteiger partial charge is 0.330 e. The van der Waals surface area contributed by atoms with Gasteiger partial charge in [0.25, 0.3) is 0 Å². The number of rotatable bonds is 4. The molecule has 0 spiro atoms. The number of hydrogen-bond acceptors (Lipinski definition) is 3. The fraction of sp³-hybridized carbons (Fsp3) is 0.333. The van der Waals surface area contributed by atoms with Crippen molar-refractivity contribution in [2.24, 2.45) is 5.73 Å². The fourth-order valence-electron chi connectivity index (χ4n) is 1.12. The normalized spacial score (nSPS) is 12.0. The molecule has 1 aromatic rings. The minimum absolute atomic E-state index is 0.363. The molecule has 84 valence electrons. The maximum absolute atomic E-state index is 12.1. The van der Waals surface area contributed by atoms with Crippen molar-refractivity contribution in [1.82, 2.24) is 0 Å². The molecule has 0 saturated carbocycles. The van der Waals surface area contributed by atoms with Crippen LogP contribution in [0.4, 0.5) is 8.78 Å². The van der Waals surface area contributed by atoms with E-state index in [0.717, 1.165) is 5.56 Å². The molecule has 0 bridgehead atoms. The topological polar surface area (TPSA) is 60.2 Å². The summed E-state index contributed by atoms with van der Waals surface area (Å²) in [5, 5.41) is 0. The minimum atomic E-state index is -4.47. The highest BCUT2D eigenvalue weighted by Gasteiger charge is 2.25. The van der Waals surface area contributed by atoms with Gasteiger partial charge in [-0.1, -0.05) is 12.1 Å². The summed E-state index contributed by atoms with van der Waals surface area (Å²) in [4.78, 5) is -0.363. The Morgan fingerprint density at radius 1 is 1.20 bits per heavy atom. The van der Waals surface area contributed by atoms with Crippen LogP contribution < -0.4 is 5.73 Å². The molecule has 0 unspecified atom stereocenters. The number of hydrogen-bond donors (Lipinski definition) is 1. The summed E-state index contributed by atoms with van der Waals surface area (Å²) in [6, 6.07) is 5.32. The zero-order valence-electron chi connectivity index (χ0n) is 7.86. The molecule has 0 radical (unpaired) electrons.